The highest BCUT2D eigenvalue weighted by molar-refractivity contribution is 5.46. The van der Waals surface area contributed by atoms with Crippen LogP contribution < -0.4 is 4.74 Å². The fourth-order valence-corrected chi connectivity index (χ4v) is 1.61. The summed E-state index contributed by atoms with van der Waals surface area (Å²) in [6.07, 6.45) is 2.36. The molecule has 0 spiro atoms. The standard InChI is InChI=1S/C10H10N2O2/c1-13-6-9-7(4-11)5-12-10-8(9)2-3-14-10/h5H,2-3,6H2,1H3. The Morgan fingerprint density at radius 2 is 2.57 bits per heavy atom. The maximum Gasteiger partial charge on any atom is 0.217 e. The van der Waals surface area contributed by atoms with Gasteiger partial charge in [-0.1, -0.05) is 0 Å². The number of hydrogen-bond acceptors (Lipinski definition) is 4. The lowest BCUT2D eigenvalue weighted by atomic mass is 10.0. The molecule has 0 N–H and O–H groups in total. The molecule has 2 heterocycles. The summed E-state index contributed by atoms with van der Waals surface area (Å²) in [5, 5.41) is 8.89. The van der Waals surface area contributed by atoms with Gasteiger partial charge in [0.2, 0.25) is 5.88 Å². The van der Waals surface area contributed by atoms with E-state index in [0.717, 1.165) is 17.5 Å². The molecule has 0 aromatic carbocycles. The number of nitrogens with zero attached hydrogens (tertiary/aromatic N) is 2. The minimum atomic E-state index is 0.442. The fourth-order valence-electron chi connectivity index (χ4n) is 1.61. The van der Waals surface area contributed by atoms with Crippen molar-refractivity contribution in [2.75, 3.05) is 13.7 Å². The third kappa shape index (κ3) is 1.32. The predicted octanol–water partition coefficient (Wildman–Crippen LogP) is 1.03. The lowest BCUT2D eigenvalue weighted by Gasteiger charge is -2.06. The van der Waals surface area contributed by atoms with Gasteiger partial charge in [0, 0.05) is 30.9 Å². The van der Waals surface area contributed by atoms with Crippen LogP contribution in [0.4, 0.5) is 0 Å². The second kappa shape index (κ2) is 3.64. The topological polar surface area (TPSA) is 55.1 Å². The van der Waals surface area contributed by atoms with Crippen molar-refractivity contribution in [3.05, 3.63) is 22.9 Å². The summed E-state index contributed by atoms with van der Waals surface area (Å²) in [5.74, 6) is 0.649. The first-order chi connectivity index (χ1) is 6.86. The molecule has 0 bridgehead atoms. The third-order valence-electron chi connectivity index (χ3n) is 2.26. The summed E-state index contributed by atoms with van der Waals surface area (Å²) in [4.78, 5) is 4.07. The zero-order chi connectivity index (χ0) is 9.97. The molecular formula is C10H10N2O2. The molecule has 0 saturated heterocycles. The summed E-state index contributed by atoms with van der Waals surface area (Å²) in [5.41, 5.74) is 2.51. The average Bonchev–Trinajstić information content (AvgIpc) is 2.67. The van der Waals surface area contributed by atoms with E-state index in [1.807, 2.05) is 0 Å². The smallest absolute Gasteiger partial charge is 0.217 e. The maximum atomic E-state index is 8.89. The summed E-state index contributed by atoms with van der Waals surface area (Å²) >= 11 is 0. The summed E-state index contributed by atoms with van der Waals surface area (Å²) in [6, 6.07) is 2.11. The Balaban J connectivity index is 2.52. The minimum absolute atomic E-state index is 0.442. The molecule has 0 amide bonds. The molecule has 1 aromatic rings. The van der Waals surface area contributed by atoms with Crippen molar-refractivity contribution in [3.63, 3.8) is 0 Å². The van der Waals surface area contributed by atoms with Crippen LogP contribution in [0.5, 0.6) is 5.88 Å². The largest absolute Gasteiger partial charge is 0.477 e. The van der Waals surface area contributed by atoms with Crippen LogP contribution in [-0.4, -0.2) is 18.7 Å². The molecule has 0 atom stereocenters. The van der Waals surface area contributed by atoms with Gasteiger partial charge >= 0.3 is 0 Å². The molecule has 0 radical (unpaired) electrons. The number of hydrogen-bond donors (Lipinski definition) is 0. The molecular weight excluding hydrogens is 180 g/mol. The summed E-state index contributed by atoms with van der Waals surface area (Å²) in [7, 11) is 1.61. The molecule has 0 unspecified atom stereocenters. The Hall–Kier alpha value is -1.60. The second-order valence-electron chi connectivity index (χ2n) is 3.08. The van der Waals surface area contributed by atoms with Gasteiger partial charge in [-0.25, -0.2) is 4.98 Å². The molecule has 4 nitrogen and oxygen atoms in total. The number of rotatable bonds is 2. The van der Waals surface area contributed by atoms with Gasteiger partial charge in [0.15, 0.2) is 0 Å². The highest BCUT2D eigenvalue weighted by Crippen LogP contribution is 2.28. The van der Waals surface area contributed by atoms with E-state index in [1.165, 1.54) is 0 Å². The minimum Gasteiger partial charge on any atom is -0.477 e. The van der Waals surface area contributed by atoms with Gasteiger partial charge in [0.05, 0.1) is 18.8 Å². The van der Waals surface area contributed by atoms with Crippen LogP contribution in [0.25, 0.3) is 0 Å². The first-order valence-corrected chi connectivity index (χ1v) is 4.39. The van der Waals surface area contributed by atoms with Gasteiger partial charge in [-0.05, 0) is 0 Å². The van der Waals surface area contributed by atoms with Crippen LogP contribution in [-0.2, 0) is 17.8 Å². The second-order valence-corrected chi connectivity index (χ2v) is 3.08. The van der Waals surface area contributed by atoms with Crippen LogP contribution in [0, 0.1) is 11.3 Å². The van der Waals surface area contributed by atoms with E-state index >= 15 is 0 Å². The van der Waals surface area contributed by atoms with Crippen molar-refractivity contribution in [3.8, 4) is 11.9 Å². The van der Waals surface area contributed by atoms with Crippen molar-refractivity contribution < 1.29 is 9.47 Å². The first kappa shape index (κ1) is 8.97. The number of nitriles is 1. The maximum absolute atomic E-state index is 8.89. The first-order valence-electron chi connectivity index (χ1n) is 4.39. The molecule has 1 aliphatic heterocycles. The molecule has 4 heteroatoms. The SMILES string of the molecule is COCc1c(C#N)cnc2c1CCO2. The van der Waals surface area contributed by atoms with Gasteiger partial charge in [-0.15, -0.1) is 0 Å². The molecule has 0 fully saturated rings. The number of methoxy groups -OCH3 is 1. The lowest BCUT2D eigenvalue weighted by molar-refractivity contribution is 0.184. The Morgan fingerprint density at radius 1 is 1.71 bits per heavy atom. The van der Waals surface area contributed by atoms with Crippen LogP contribution in [0.1, 0.15) is 16.7 Å². The Morgan fingerprint density at radius 3 is 3.29 bits per heavy atom. The van der Waals surface area contributed by atoms with Crippen molar-refractivity contribution in [2.45, 2.75) is 13.0 Å². The average molecular weight is 190 g/mol. The predicted molar refractivity (Wildman–Crippen MR) is 48.9 cm³/mol. The summed E-state index contributed by atoms with van der Waals surface area (Å²) < 4.78 is 10.4. The molecule has 72 valence electrons. The van der Waals surface area contributed by atoms with E-state index in [1.54, 1.807) is 13.3 Å². The van der Waals surface area contributed by atoms with E-state index in [2.05, 4.69) is 11.1 Å². The number of aromatic nitrogens is 1. The highest BCUT2D eigenvalue weighted by Gasteiger charge is 2.20. The number of fused-ring (bicyclic) bond motifs is 1. The molecule has 1 aromatic heterocycles. The summed E-state index contributed by atoms with van der Waals surface area (Å²) in [6.45, 7) is 1.09. The monoisotopic (exact) mass is 190 g/mol. The molecule has 2 rings (SSSR count). The molecule has 1 aliphatic rings. The quantitative estimate of drug-likeness (QED) is 0.699. The van der Waals surface area contributed by atoms with Crippen LogP contribution >= 0.6 is 0 Å². The van der Waals surface area contributed by atoms with Crippen LogP contribution in [0.15, 0.2) is 6.20 Å². The molecule has 0 saturated carbocycles. The van der Waals surface area contributed by atoms with E-state index < -0.39 is 0 Å². The lowest BCUT2D eigenvalue weighted by Crippen LogP contribution is -1.99. The Kier molecular flexibility index (Phi) is 2.33. The van der Waals surface area contributed by atoms with Gasteiger partial charge in [-0.3, -0.25) is 0 Å². The molecule has 0 aliphatic carbocycles. The van der Waals surface area contributed by atoms with Gasteiger partial charge in [-0.2, -0.15) is 5.26 Å². The zero-order valence-electron chi connectivity index (χ0n) is 7.91. The van der Waals surface area contributed by atoms with Crippen molar-refractivity contribution in [1.82, 2.24) is 4.98 Å². The Bertz CT molecular complexity index is 396. The third-order valence-corrected chi connectivity index (χ3v) is 2.26. The number of ether oxygens (including phenoxy) is 2. The van der Waals surface area contributed by atoms with Crippen LogP contribution in [0.2, 0.25) is 0 Å². The molecule has 14 heavy (non-hydrogen) atoms. The van der Waals surface area contributed by atoms with Crippen molar-refractivity contribution in [1.29, 1.82) is 5.26 Å². The zero-order valence-corrected chi connectivity index (χ0v) is 7.91. The van der Waals surface area contributed by atoms with Crippen LogP contribution in [0.3, 0.4) is 0 Å². The van der Waals surface area contributed by atoms with Gasteiger partial charge in [0.25, 0.3) is 0 Å². The van der Waals surface area contributed by atoms with E-state index in [-0.39, 0.29) is 0 Å². The Labute approximate surface area is 82.1 Å². The van der Waals surface area contributed by atoms with E-state index in [0.29, 0.717) is 24.7 Å². The van der Waals surface area contributed by atoms with Gasteiger partial charge in [0.1, 0.15) is 6.07 Å². The van der Waals surface area contributed by atoms with Crippen molar-refractivity contribution in [2.24, 2.45) is 0 Å². The fraction of sp³-hybridized carbons (Fsp3) is 0.400. The highest BCUT2D eigenvalue weighted by atomic mass is 16.5. The normalized spacial score (nSPS) is 13.1. The number of pyridine rings is 1. The van der Waals surface area contributed by atoms with E-state index in [4.69, 9.17) is 14.7 Å². The van der Waals surface area contributed by atoms with E-state index in [9.17, 15) is 0 Å². The van der Waals surface area contributed by atoms with Crippen molar-refractivity contribution >= 4 is 0 Å². The van der Waals surface area contributed by atoms with Gasteiger partial charge < -0.3 is 9.47 Å².